The molecule has 2 aliphatic heterocycles. The molecule has 186 valence electrons. The van der Waals surface area contributed by atoms with Crippen molar-refractivity contribution < 1.29 is 22.8 Å². The Morgan fingerprint density at radius 3 is 1.97 bits per heavy atom. The quantitative estimate of drug-likeness (QED) is 0.568. The molecule has 2 heterocycles. The molecule has 34 heavy (non-hydrogen) atoms. The molecule has 1 aromatic carbocycles. The Kier molecular flexibility index (Phi) is 7.12. The van der Waals surface area contributed by atoms with Gasteiger partial charge in [0, 0.05) is 39.3 Å². The number of nitrogens with zero attached hydrogens (tertiary/aromatic N) is 4. The van der Waals surface area contributed by atoms with Gasteiger partial charge in [-0.3, -0.25) is 19.3 Å². The number of piperazine rings is 1. The lowest BCUT2D eigenvalue weighted by Gasteiger charge is -2.40. The molecule has 0 radical (unpaired) electrons. The fourth-order valence-corrected chi connectivity index (χ4v) is 6.87. The molecule has 3 aliphatic rings. The Bertz CT molecular complexity index is 1020. The number of carbonyl (C=O) groups is 3. The number of amides is 3. The van der Waals surface area contributed by atoms with Gasteiger partial charge in [-0.1, -0.05) is 45.2 Å². The number of hydrogen-bond acceptors (Lipinski definition) is 5. The maximum Gasteiger partial charge on any atom is 0.282 e. The molecule has 1 unspecified atom stereocenters. The van der Waals surface area contributed by atoms with Crippen molar-refractivity contribution in [3.63, 3.8) is 0 Å². The Hall–Kier alpha value is -2.30. The van der Waals surface area contributed by atoms with Crippen molar-refractivity contribution in [2.75, 3.05) is 33.2 Å². The molecular weight excluding hydrogens is 456 g/mol. The van der Waals surface area contributed by atoms with Gasteiger partial charge in [0.25, 0.3) is 22.0 Å². The minimum absolute atomic E-state index is 0.0255. The van der Waals surface area contributed by atoms with E-state index in [9.17, 15) is 22.8 Å². The first-order valence-electron chi connectivity index (χ1n) is 12.1. The SMILES string of the molecule is CC(C)C(C(=O)N1CCN(S(=O)(=O)N(C)C2CCCCC2)CC1)N1C(=O)c2ccccc2C1=O. The monoisotopic (exact) mass is 490 g/mol. The molecular formula is C24H34N4O5S. The fraction of sp³-hybridized carbons (Fsp3) is 0.625. The van der Waals surface area contributed by atoms with Gasteiger partial charge < -0.3 is 4.90 Å². The van der Waals surface area contributed by atoms with Crippen LogP contribution in [0.25, 0.3) is 0 Å². The van der Waals surface area contributed by atoms with Gasteiger partial charge >= 0.3 is 0 Å². The summed E-state index contributed by atoms with van der Waals surface area (Å²) in [6.07, 6.45) is 4.99. The van der Waals surface area contributed by atoms with Gasteiger partial charge in [-0.2, -0.15) is 17.0 Å². The van der Waals surface area contributed by atoms with E-state index in [0.717, 1.165) is 37.0 Å². The van der Waals surface area contributed by atoms with Gasteiger partial charge in [-0.25, -0.2) is 0 Å². The number of rotatable bonds is 6. The first-order valence-corrected chi connectivity index (χ1v) is 13.5. The lowest BCUT2D eigenvalue weighted by atomic mass is 9.96. The van der Waals surface area contributed by atoms with Crippen LogP contribution in [0.15, 0.2) is 24.3 Å². The van der Waals surface area contributed by atoms with Crippen LogP contribution in [0.1, 0.15) is 66.7 Å². The highest BCUT2D eigenvalue weighted by Crippen LogP contribution is 2.29. The highest BCUT2D eigenvalue weighted by Gasteiger charge is 2.46. The van der Waals surface area contributed by atoms with Crippen LogP contribution < -0.4 is 0 Å². The Labute approximate surface area is 201 Å². The van der Waals surface area contributed by atoms with Crippen molar-refractivity contribution in [3.05, 3.63) is 35.4 Å². The predicted octanol–water partition coefficient (Wildman–Crippen LogP) is 1.96. The minimum Gasteiger partial charge on any atom is -0.338 e. The number of imide groups is 1. The lowest BCUT2D eigenvalue weighted by molar-refractivity contribution is -0.138. The normalized spacial score (nSPS) is 21.4. The Morgan fingerprint density at radius 1 is 0.941 bits per heavy atom. The molecule has 0 aromatic heterocycles. The Balaban J connectivity index is 1.45. The van der Waals surface area contributed by atoms with E-state index in [0.29, 0.717) is 11.1 Å². The standard InChI is InChI=1S/C24H34N4O5S/c1-17(2)21(28-22(29)19-11-7-8-12-20(19)23(28)30)24(31)26-13-15-27(16-14-26)34(32,33)25(3)18-9-5-4-6-10-18/h7-8,11-12,17-18,21H,4-6,9-10,13-16H2,1-3H3. The molecule has 1 aliphatic carbocycles. The average Bonchev–Trinajstić information content (AvgIpc) is 3.09. The summed E-state index contributed by atoms with van der Waals surface area (Å²) in [6.45, 7) is 4.46. The van der Waals surface area contributed by atoms with Gasteiger partial charge in [0.1, 0.15) is 6.04 Å². The smallest absolute Gasteiger partial charge is 0.282 e. The van der Waals surface area contributed by atoms with Crippen molar-refractivity contribution in [1.29, 1.82) is 0 Å². The minimum atomic E-state index is -3.61. The van der Waals surface area contributed by atoms with Crippen molar-refractivity contribution >= 4 is 27.9 Å². The summed E-state index contributed by atoms with van der Waals surface area (Å²) in [4.78, 5) is 42.2. The van der Waals surface area contributed by atoms with E-state index in [1.807, 2.05) is 13.8 Å². The maximum atomic E-state index is 13.5. The first-order chi connectivity index (χ1) is 16.1. The van der Waals surface area contributed by atoms with Crippen LogP contribution in [-0.2, 0) is 15.0 Å². The molecule has 10 heteroatoms. The average molecular weight is 491 g/mol. The van der Waals surface area contributed by atoms with E-state index in [2.05, 4.69) is 0 Å². The number of benzene rings is 1. The Morgan fingerprint density at radius 2 is 1.47 bits per heavy atom. The number of carbonyl (C=O) groups excluding carboxylic acids is 3. The zero-order chi connectivity index (χ0) is 24.6. The van der Waals surface area contributed by atoms with Gasteiger partial charge in [-0.15, -0.1) is 0 Å². The van der Waals surface area contributed by atoms with Gasteiger partial charge in [0.15, 0.2) is 0 Å². The molecule has 2 fully saturated rings. The van der Waals surface area contributed by atoms with Crippen LogP contribution in [0.5, 0.6) is 0 Å². The van der Waals surface area contributed by atoms with E-state index >= 15 is 0 Å². The maximum absolute atomic E-state index is 13.5. The lowest BCUT2D eigenvalue weighted by Crippen LogP contribution is -2.59. The zero-order valence-corrected chi connectivity index (χ0v) is 21.0. The topological polar surface area (TPSA) is 98.3 Å². The molecule has 0 N–H and O–H groups in total. The van der Waals surface area contributed by atoms with Crippen LogP contribution in [0.4, 0.5) is 0 Å². The predicted molar refractivity (Wildman–Crippen MR) is 127 cm³/mol. The summed E-state index contributed by atoms with van der Waals surface area (Å²) in [5.74, 6) is -1.51. The van der Waals surface area contributed by atoms with Crippen LogP contribution in [0, 0.1) is 5.92 Å². The second-order valence-corrected chi connectivity index (χ2v) is 11.7. The third-order valence-corrected chi connectivity index (χ3v) is 9.36. The van der Waals surface area contributed by atoms with Gasteiger partial charge in [0.05, 0.1) is 11.1 Å². The highest BCUT2D eigenvalue weighted by atomic mass is 32.2. The van der Waals surface area contributed by atoms with Gasteiger partial charge in [0.2, 0.25) is 5.91 Å². The molecule has 1 saturated carbocycles. The molecule has 1 saturated heterocycles. The molecule has 1 atom stereocenters. The third-order valence-electron chi connectivity index (χ3n) is 7.32. The molecule has 0 bridgehead atoms. The first kappa shape index (κ1) is 24.8. The van der Waals surface area contributed by atoms with Crippen LogP contribution in [-0.4, -0.2) is 89.9 Å². The number of hydrogen-bond donors (Lipinski definition) is 0. The van der Waals surface area contributed by atoms with Crippen LogP contribution in [0.2, 0.25) is 0 Å². The van der Waals surface area contributed by atoms with Crippen LogP contribution >= 0.6 is 0 Å². The largest absolute Gasteiger partial charge is 0.338 e. The van der Waals surface area contributed by atoms with Crippen LogP contribution in [0.3, 0.4) is 0 Å². The molecule has 3 amide bonds. The second kappa shape index (κ2) is 9.75. The number of fused-ring (bicyclic) bond motifs is 1. The van der Waals surface area contributed by atoms with E-state index in [1.54, 1.807) is 36.2 Å². The van der Waals surface area contributed by atoms with E-state index in [1.165, 1.54) is 8.61 Å². The molecule has 1 aromatic rings. The summed E-state index contributed by atoms with van der Waals surface area (Å²) < 4.78 is 29.3. The molecule has 0 spiro atoms. The van der Waals surface area contributed by atoms with Crippen molar-refractivity contribution in [2.24, 2.45) is 5.92 Å². The van der Waals surface area contributed by atoms with E-state index in [-0.39, 0.29) is 44.0 Å². The third kappa shape index (κ3) is 4.38. The van der Waals surface area contributed by atoms with Crippen molar-refractivity contribution in [1.82, 2.24) is 18.4 Å². The van der Waals surface area contributed by atoms with Crippen molar-refractivity contribution in [2.45, 2.75) is 58.0 Å². The van der Waals surface area contributed by atoms with Crippen molar-refractivity contribution in [3.8, 4) is 0 Å². The summed E-state index contributed by atoms with van der Waals surface area (Å²) in [6, 6.07) is 5.69. The second-order valence-electron chi connectivity index (χ2n) is 9.75. The fourth-order valence-electron chi connectivity index (χ4n) is 5.30. The summed E-state index contributed by atoms with van der Waals surface area (Å²) in [5.41, 5.74) is 0.625. The summed E-state index contributed by atoms with van der Waals surface area (Å²) >= 11 is 0. The molecule has 9 nitrogen and oxygen atoms in total. The summed E-state index contributed by atoms with van der Waals surface area (Å²) in [5, 5.41) is 0. The van der Waals surface area contributed by atoms with E-state index in [4.69, 9.17) is 0 Å². The molecule has 4 rings (SSSR count). The summed E-state index contributed by atoms with van der Waals surface area (Å²) in [7, 11) is -1.95. The zero-order valence-electron chi connectivity index (χ0n) is 20.1. The van der Waals surface area contributed by atoms with Gasteiger partial charge in [-0.05, 0) is 30.9 Å². The highest BCUT2D eigenvalue weighted by molar-refractivity contribution is 7.86. The van der Waals surface area contributed by atoms with E-state index < -0.39 is 28.1 Å².